The van der Waals surface area contributed by atoms with E-state index in [9.17, 15) is 4.79 Å². The molecule has 4 nitrogen and oxygen atoms in total. The van der Waals surface area contributed by atoms with Crippen LogP contribution in [-0.2, 0) is 4.79 Å². The molecule has 1 aliphatic heterocycles. The van der Waals surface area contributed by atoms with Crippen LogP contribution >= 0.6 is 0 Å². The van der Waals surface area contributed by atoms with Gasteiger partial charge in [0.2, 0.25) is 5.91 Å². The van der Waals surface area contributed by atoms with Gasteiger partial charge in [0, 0.05) is 25.7 Å². The molecular formula is C15H29N3O. The molecule has 1 saturated heterocycles. The molecule has 0 bridgehead atoms. The highest BCUT2D eigenvalue weighted by molar-refractivity contribution is 5.79. The lowest BCUT2D eigenvalue weighted by atomic mass is 9.84. The Morgan fingerprint density at radius 1 is 1.26 bits per heavy atom. The zero-order valence-electron chi connectivity index (χ0n) is 12.5. The first-order valence-corrected chi connectivity index (χ1v) is 7.88. The quantitative estimate of drug-likeness (QED) is 0.838. The van der Waals surface area contributed by atoms with E-state index in [2.05, 4.69) is 11.8 Å². The van der Waals surface area contributed by atoms with Gasteiger partial charge in [-0.2, -0.15) is 0 Å². The Hall–Kier alpha value is -0.610. The van der Waals surface area contributed by atoms with Crippen LogP contribution in [0.25, 0.3) is 0 Å². The van der Waals surface area contributed by atoms with Gasteiger partial charge in [-0.1, -0.05) is 19.8 Å². The molecule has 0 spiro atoms. The van der Waals surface area contributed by atoms with Gasteiger partial charge < -0.3 is 10.6 Å². The smallest absolute Gasteiger partial charge is 0.227 e. The van der Waals surface area contributed by atoms with Gasteiger partial charge >= 0.3 is 0 Å². The summed E-state index contributed by atoms with van der Waals surface area (Å²) in [6.07, 6.45) is 6.82. The third-order valence-electron chi connectivity index (χ3n) is 4.90. The highest BCUT2D eigenvalue weighted by atomic mass is 16.2. The molecule has 0 aromatic rings. The van der Waals surface area contributed by atoms with Gasteiger partial charge in [0.25, 0.3) is 0 Å². The Balaban J connectivity index is 1.88. The SMILES string of the molecule is CCN1CCCC1CN(C)C(=O)C1CCCCC1N. The van der Waals surface area contributed by atoms with Crippen molar-refractivity contribution in [1.29, 1.82) is 0 Å². The summed E-state index contributed by atoms with van der Waals surface area (Å²) < 4.78 is 0. The number of likely N-dealkylation sites (tertiary alicyclic amines) is 1. The van der Waals surface area contributed by atoms with E-state index in [0.717, 1.165) is 32.4 Å². The van der Waals surface area contributed by atoms with Crippen molar-refractivity contribution in [2.75, 3.05) is 26.7 Å². The molecule has 1 amide bonds. The predicted octanol–water partition coefficient (Wildman–Crippen LogP) is 1.45. The van der Waals surface area contributed by atoms with Crippen molar-refractivity contribution in [1.82, 2.24) is 9.80 Å². The fraction of sp³-hybridized carbons (Fsp3) is 0.933. The maximum Gasteiger partial charge on any atom is 0.227 e. The molecule has 2 N–H and O–H groups in total. The second-order valence-electron chi connectivity index (χ2n) is 6.20. The van der Waals surface area contributed by atoms with Gasteiger partial charge in [0.15, 0.2) is 0 Å². The van der Waals surface area contributed by atoms with Crippen molar-refractivity contribution in [3.05, 3.63) is 0 Å². The third-order valence-corrected chi connectivity index (χ3v) is 4.90. The van der Waals surface area contributed by atoms with Crippen LogP contribution in [-0.4, -0.2) is 54.5 Å². The number of carbonyl (C=O) groups is 1. The van der Waals surface area contributed by atoms with Crippen LogP contribution in [0.2, 0.25) is 0 Å². The number of likely N-dealkylation sites (N-methyl/N-ethyl adjacent to an activating group) is 2. The van der Waals surface area contributed by atoms with Gasteiger partial charge in [0.1, 0.15) is 0 Å². The van der Waals surface area contributed by atoms with Crippen LogP contribution < -0.4 is 5.73 Å². The van der Waals surface area contributed by atoms with Crippen LogP contribution in [0.1, 0.15) is 45.4 Å². The van der Waals surface area contributed by atoms with Crippen molar-refractivity contribution in [2.24, 2.45) is 11.7 Å². The van der Waals surface area contributed by atoms with Crippen molar-refractivity contribution in [3.63, 3.8) is 0 Å². The molecule has 2 fully saturated rings. The third kappa shape index (κ3) is 3.48. The number of carbonyl (C=O) groups excluding carboxylic acids is 1. The second kappa shape index (κ2) is 6.71. The van der Waals surface area contributed by atoms with Crippen molar-refractivity contribution < 1.29 is 4.79 Å². The van der Waals surface area contributed by atoms with E-state index in [-0.39, 0.29) is 17.9 Å². The first-order valence-electron chi connectivity index (χ1n) is 7.88. The number of amides is 1. The number of nitrogens with two attached hydrogens (primary N) is 1. The minimum absolute atomic E-state index is 0.0650. The molecule has 0 radical (unpaired) electrons. The predicted molar refractivity (Wildman–Crippen MR) is 77.8 cm³/mol. The number of hydrogen-bond acceptors (Lipinski definition) is 3. The Bertz CT molecular complexity index is 308. The normalized spacial score (nSPS) is 32.5. The van der Waals surface area contributed by atoms with E-state index in [1.807, 2.05) is 11.9 Å². The monoisotopic (exact) mass is 267 g/mol. The molecule has 0 aromatic heterocycles. The minimum Gasteiger partial charge on any atom is -0.344 e. The molecule has 3 unspecified atom stereocenters. The Morgan fingerprint density at radius 3 is 2.68 bits per heavy atom. The van der Waals surface area contributed by atoms with Gasteiger partial charge in [-0.25, -0.2) is 0 Å². The molecule has 1 heterocycles. The summed E-state index contributed by atoms with van der Waals surface area (Å²) in [7, 11) is 1.95. The Morgan fingerprint density at radius 2 is 2.00 bits per heavy atom. The molecule has 3 atom stereocenters. The molecular weight excluding hydrogens is 238 g/mol. The van der Waals surface area contributed by atoms with Crippen LogP contribution in [0.15, 0.2) is 0 Å². The standard InChI is InChI=1S/C15H29N3O/c1-3-18-10-6-7-12(18)11-17(2)15(19)13-8-4-5-9-14(13)16/h12-14H,3-11,16H2,1-2H3. The minimum atomic E-state index is 0.0650. The van der Waals surface area contributed by atoms with Crippen molar-refractivity contribution in [2.45, 2.75) is 57.5 Å². The van der Waals surface area contributed by atoms with Crippen LogP contribution in [0, 0.1) is 5.92 Å². The van der Waals surface area contributed by atoms with E-state index >= 15 is 0 Å². The van der Waals surface area contributed by atoms with E-state index in [4.69, 9.17) is 5.73 Å². The number of hydrogen-bond donors (Lipinski definition) is 1. The van der Waals surface area contributed by atoms with Crippen LogP contribution in [0.3, 0.4) is 0 Å². The molecule has 1 saturated carbocycles. The average molecular weight is 267 g/mol. The first-order chi connectivity index (χ1) is 9.13. The van der Waals surface area contributed by atoms with Crippen LogP contribution in [0.4, 0.5) is 0 Å². The maximum atomic E-state index is 12.5. The molecule has 19 heavy (non-hydrogen) atoms. The van der Waals surface area contributed by atoms with Crippen molar-refractivity contribution >= 4 is 5.91 Å². The molecule has 2 aliphatic rings. The summed E-state index contributed by atoms with van der Waals surface area (Å²) in [6.45, 7) is 5.36. The van der Waals surface area contributed by atoms with E-state index < -0.39 is 0 Å². The fourth-order valence-electron chi connectivity index (χ4n) is 3.67. The van der Waals surface area contributed by atoms with Gasteiger partial charge in [-0.15, -0.1) is 0 Å². The van der Waals surface area contributed by atoms with Crippen LogP contribution in [0.5, 0.6) is 0 Å². The summed E-state index contributed by atoms with van der Waals surface area (Å²) in [5, 5.41) is 0. The topological polar surface area (TPSA) is 49.6 Å². The highest BCUT2D eigenvalue weighted by Gasteiger charge is 2.32. The summed E-state index contributed by atoms with van der Waals surface area (Å²) >= 11 is 0. The zero-order valence-corrected chi connectivity index (χ0v) is 12.5. The van der Waals surface area contributed by atoms with E-state index in [0.29, 0.717) is 6.04 Å². The average Bonchev–Trinajstić information content (AvgIpc) is 2.85. The lowest BCUT2D eigenvalue weighted by Gasteiger charge is -2.33. The van der Waals surface area contributed by atoms with E-state index in [1.165, 1.54) is 25.8 Å². The molecule has 2 rings (SSSR count). The zero-order chi connectivity index (χ0) is 13.8. The Labute approximate surface area is 117 Å². The highest BCUT2D eigenvalue weighted by Crippen LogP contribution is 2.25. The molecule has 4 heteroatoms. The molecule has 0 aromatic carbocycles. The molecule has 1 aliphatic carbocycles. The van der Waals surface area contributed by atoms with Gasteiger partial charge in [-0.3, -0.25) is 9.69 Å². The van der Waals surface area contributed by atoms with Crippen molar-refractivity contribution in [3.8, 4) is 0 Å². The first kappa shape index (κ1) is 14.8. The fourth-order valence-corrected chi connectivity index (χ4v) is 3.67. The number of nitrogens with zero attached hydrogens (tertiary/aromatic N) is 2. The van der Waals surface area contributed by atoms with Gasteiger partial charge in [0.05, 0.1) is 5.92 Å². The number of rotatable bonds is 4. The van der Waals surface area contributed by atoms with Gasteiger partial charge in [-0.05, 0) is 38.8 Å². The summed E-state index contributed by atoms with van der Waals surface area (Å²) in [5.41, 5.74) is 6.12. The Kier molecular flexibility index (Phi) is 5.22. The lowest BCUT2D eigenvalue weighted by molar-refractivity contribution is -0.136. The summed E-state index contributed by atoms with van der Waals surface area (Å²) in [4.78, 5) is 16.9. The second-order valence-corrected chi connectivity index (χ2v) is 6.20. The maximum absolute atomic E-state index is 12.5. The summed E-state index contributed by atoms with van der Waals surface area (Å²) in [5.74, 6) is 0.338. The molecule has 110 valence electrons. The lowest BCUT2D eigenvalue weighted by Crippen LogP contribution is -2.48. The largest absolute Gasteiger partial charge is 0.344 e. The summed E-state index contributed by atoms with van der Waals surface area (Å²) in [6, 6.07) is 0.633. The van der Waals surface area contributed by atoms with E-state index in [1.54, 1.807) is 0 Å².